The quantitative estimate of drug-likeness (QED) is 0.637. The van der Waals surface area contributed by atoms with Gasteiger partial charge in [0.05, 0.1) is 0 Å². The predicted molar refractivity (Wildman–Crippen MR) is 87.8 cm³/mol. The number of rotatable bonds is 3. The molecule has 0 saturated carbocycles. The number of hydrogen-bond donors (Lipinski definition) is 1. The highest BCUT2D eigenvalue weighted by atomic mass is 14.9. The van der Waals surface area contributed by atoms with Gasteiger partial charge in [0, 0.05) is 16.8 Å². The van der Waals surface area contributed by atoms with Crippen LogP contribution in [0.4, 0.5) is 11.4 Å². The first-order chi connectivity index (χ1) is 9.74. The summed E-state index contributed by atoms with van der Waals surface area (Å²) in [5, 5.41) is 6.03. The smallest absolute Gasteiger partial charge is 0.0463 e. The Hall–Kier alpha value is -2.28. The molecule has 0 aliphatic heterocycles. The van der Waals surface area contributed by atoms with Crippen LogP contribution in [0.1, 0.15) is 25.3 Å². The van der Waals surface area contributed by atoms with Crippen LogP contribution in [0.3, 0.4) is 0 Å². The Bertz CT molecular complexity index is 706. The third-order valence-corrected chi connectivity index (χ3v) is 3.65. The fourth-order valence-corrected chi connectivity index (χ4v) is 2.44. The fourth-order valence-electron chi connectivity index (χ4n) is 2.44. The number of benzene rings is 3. The number of anilines is 2. The maximum absolute atomic E-state index is 3.51. The molecule has 0 aliphatic rings. The van der Waals surface area contributed by atoms with E-state index in [0.717, 1.165) is 11.4 Å². The first-order valence-electron chi connectivity index (χ1n) is 7.09. The predicted octanol–water partition coefficient (Wildman–Crippen LogP) is 5.71. The lowest BCUT2D eigenvalue weighted by molar-refractivity contribution is 0.867. The van der Waals surface area contributed by atoms with Gasteiger partial charge in [-0.1, -0.05) is 62.4 Å². The van der Waals surface area contributed by atoms with Crippen molar-refractivity contribution in [2.24, 2.45) is 0 Å². The first-order valence-corrected chi connectivity index (χ1v) is 7.09. The van der Waals surface area contributed by atoms with Gasteiger partial charge in [0.2, 0.25) is 0 Å². The monoisotopic (exact) mass is 261 g/mol. The molecule has 1 N–H and O–H groups in total. The Morgan fingerprint density at radius 1 is 0.750 bits per heavy atom. The summed E-state index contributed by atoms with van der Waals surface area (Å²) < 4.78 is 0. The molecule has 3 aromatic rings. The van der Waals surface area contributed by atoms with E-state index < -0.39 is 0 Å². The van der Waals surface area contributed by atoms with E-state index in [0.29, 0.717) is 5.92 Å². The van der Waals surface area contributed by atoms with E-state index >= 15 is 0 Å². The molecule has 0 amide bonds. The van der Waals surface area contributed by atoms with Gasteiger partial charge in [0.25, 0.3) is 0 Å². The largest absolute Gasteiger partial charge is 0.355 e. The highest BCUT2D eigenvalue weighted by Crippen LogP contribution is 2.27. The van der Waals surface area contributed by atoms with Crippen LogP contribution in [0.25, 0.3) is 10.8 Å². The summed E-state index contributed by atoms with van der Waals surface area (Å²) in [4.78, 5) is 0. The minimum absolute atomic E-state index is 0.571. The van der Waals surface area contributed by atoms with Gasteiger partial charge >= 0.3 is 0 Å². The molecule has 20 heavy (non-hydrogen) atoms. The minimum atomic E-state index is 0.571. The van der Waals surface area contributed by atoms with Crippen LogP contribution >= 0.6 is 0 Å². The lowest BCUT2D eigenvalue weighted by atomic mass is 10.0. The van der Waals surface area contributed by atoms with Crippen molar-refractivity contribution in [3.8, 4) is 0 Å². The average Bonchev–Trinajstić information content (AvgIpc) is 2.48. The lowest BCUT2D eigenvalue weighted by Crippen LogP contribution is -1.93. The van der Waals surface area contributed by atoms with Crippen LogP contribution in [0.5, 0.6) is 0 Å². The van der Waals surface area contributed by atoms with Gasteiger partial charge in [-0.25, -0.2) is 0 Å². The second kappa shape index (κ2) is 5.38. The van der Waals surface area contributed by atoms with Crippen molar-refractivity contribution in [3.05, 3.63) is 72.3 Å². The van der Waals surface area contributed by atoms with Crippen molar-refractivity contribution in [1.29, 1.82) is 0 Å². The van der Waals surface area contributed by atoms with Crippen molar-refractivity contribution >= 4 is 22.1 Å². The van der Waals surface area contributed by atoms with Crippen molar-refractivity contribution in [3.63, 3.8) is 0 Å². The molecule has 0 aliphatic carbocycles. The van der Waals surface area contributed by atoms with E-state index in [-0.39, 0.29) is 0 Å². The summed E-state index contributed by atoms with van der Waals surface area (Å²) in [6.45, 7) is 4.43. The van der Waals surface area contributed by atoms with Crippen LogP contribution in [-0.4, -0.2) is 0 Å². The molecule has 0 heterocycles. The van der Waals surface area contributed by atoms with Gasteiger partial charge in [0.15, 0.2) is 0 Å². The maximum atomic E-state index is 3.51. The molecule has 0 radical (unpaired) electrons. The lowest BCUT2D eigenvalue weighted by Gasteiger charge is -2.11. The van der Waals surface area contributed by atoms with Crippen molar-refractivity contribution in [1.82, 2.24) is 0 Å². The number of fused-ring (bicyclic) bond motifs is 1. The SMILES string of the molecule is CC(C)c1ccc(Nc2cccc3ccccc23)cc1. The van der Waals surface area contributed by atoms with Gasteiger partial charge in [-0.05, 0) is 35.1 Å². The third-order valence-electron chi connectivity index (χ3n) is 3.65. The maximum Gasteiger partial charge on any atom is 0.0463 e. The molecule has 3 aromatic carbocycles. The summed E-state index contributed by atoms with van der Waals surface area (Å²) in [5.41, 5.74) is 3.65. The fraction of sp³-hybridized carbons (Fsp3) is 0.158. The van der Waals surface area contributed by atoms with Crippen LogP contribution in [0.2, 0.25) is 0 Å². The van der Waals surface area contributed by atoms with Crippen molar-refractivity contribution in [2.75, 3.05) is 5.32 Å². The molecular formula is C19H19N. The Kier molecular flexibility index (Phi) is 3.42. The van der Waals surface area contributed by atoms with E-state index in [2.05, 4.69) is 85.9 Å². The van der Waals surface area contributed by atoms with Crippen LogP contribution in [0.15, 0.2) is 66.7 Å². The Morgan fingerprint density at radius 2 is 1.45 bits per heavy atom. The van der Waals surface area contributed by atoms with Crippen LogP contribution in [-0.2, 0) is 0 Å². The zero-order valence-corrected chi connectivity index (χ0v) is 11.9. The zero-order chi connectivity index (χ0) is 13.9. The molecular weight excluding hydrogens is 242 g/mol. The van der Waals surface area contributed by atoms with E-state index in [1.165, 1.54) is 16.3 Å². The van der Waals surface area contributed by atoms with E-state index in [9.17, 15) is 0 Å². The Morgan fingerprint density at radius 3 is 2.20 bits per heavy atom. The molecule has 0 fully saturated rings. The molecule has 0 spiro atoms. The molecule has 0 atom stereocenters. The second-order valence-corrected chi connectivity index (χ2v) is 5.43. The Labute approximate surface area is 120 Å². The normalized spacial score (nSPS) is 10.9. The summed E-state index contributed by atoms with van der Waals surface area (Å²) in [6, 6.07) is 23.5. The van der Waals surface area contributed by atoms with Gasteiger partial charge < -0.3 is 5.32 Å². The van der Waals surface area contributed by atoms with Gasteiger partial charge in [0.1, 0.15) is 0 Å². The molecule has 0 unspecified atom stereocenters. The summed E-state index contributed by atoms with van der Waals surface area (Å²) in [6.07, 6.45) is 0. The molecule has 1 nitrogen and oxygen atoms in total. The molecule has 0 aromatic heterocycles. The molecule has 0 saturated heterocycles. The number of nitrogens with one attached hydrogen (secondary N) is 1. The first kappa shape index (κ1) is 12.7. The van der Waals surface area contributed by atoms with Crippen LogP contribution in [0, 0.1) is 0 Å². The number of hydrogen-bond acceptors (Lipinski definition) is 1. The zero-order valence-electron chi connectivity index (χ0n) is 11.9. The van der Waals surface area contributed by atoms with Gasteiger partial charge in [-0.3, -0.25) is 0 Å². The van der Waals surface area contributed by atoms with E-state index in [4.69, 9.17) is 0 Å². The molecule has 0 bridgehead atoms. The van der Waals surface area contributed by atoms with Crippen molar-refractivity contribution in [2.45, 2.75) is 19.8 Å². The molecule has 1 heteroatoms. The molecule has 3 rings (SSSR count). The van der Waals surface area contributed by atoms with E-state index in [1.807, 2.05) is 0 Å². The third kappa shape index (κ3) is 2.53. The second-order valence-electron chi connectivity index (χ2n) is 5.43. The van der Waals surface area contributed by atoms with Crippen molar-refractivity contribution < 1.29 is 0 Å². The van der Waals surface area contributed by atoms with Crippen LogP contribution < -0.4 is 5.32 Å². The highest BCUT2D eigenvalue weighted by molar-refractivity contribution is 5.95. The summed E-state index contributed by atoms with van der Waals surface area (Å²) in [5.74, 6) is 0.571. The Balaban J connectivity index is 1.93. The van der Waals surface area contributed by atoms with Gasteiger partial charge in [-0.15, -0.1) is 0 Å². The average molecular weight is 261 g/mol. The summed E-state index contributed by atoms with van der Waals surface area (Å²) >= 11 is 0. The minimum Gasteiger partial charge on any atom is -0.355 e. The van der Waals surface area contributed by atoms with E-state index in [1.54, 1.807) is 0 Å². The standard InChI is InChI=1S/C19H19N/c1-14(2)15-10-12-17(13-11-15)20-19-9-5-7-16-6-3-4-8-18(16)19/h3-14,20H,1-2H3. The summed E-state index contributed by atoms with van der Waals surface area (Å²) in [7, 11) is 0. The topological polar surface area (TPSA) is 12.0 Å². The molecule has 100 valence electrons. The highest BCUT2D eigenvalue weighted by Gasteiger charge is 2.02. The van der Waals surface area contributed by atoms with Gasteiger partial charge in [-0.2, -0.15) is 0 Å².